The van der Waals surface area contributed by atoms with E-state index in [1.807, 2.05) is 0 Å². The molecule has 2 atom stereocenters. The molecule has 1 aliphatic heterocycles. The minimum Gasteiger partial charge on any atom is -0.381 e. The Morgan fingerprint density at radius 2 is 1.94 bits per heavy atom. The molecular weight excluding hydrogens is 224 g/mol. The van der Waals surface area contributed by atoms with E-state index in [9.17, 15) is 9.00 Å². The van der Waals surface area contributed by atoms with Gasteiger partial charge in [0.15, 0.2) is 5.78 Å². The van der Waals surface area contributed by atoms with E-state index in [1.54, 1.807) is 0 Å². The Bertz CT molecular complexity index is 265. The summed E-state index contributed by atoms with van der Waals surface area (Å²) >= 11 is 0. The molecule has 2 rings (SSSR count). The Kier molecular flexibility index (Phi) is 4.53. The van der Waals surface area contributed by atoms with E-state index in [1.165, 1.54) is 19.3 Å². The van der Waals surface area contributed by atoms with Gasteiger partial charge >= 0.3 is 0 Å². The Hall–Kier alpha value is -0.220. The maximum Gasteiger partial charge on any atom is 0.150 e. The molecule has 0 aromatic heterocycles. The van der Waals surface area contributed by atoms with Crippen LogP contribution in [0, 0.1) is 5.92 Å². The van der Waals surface area contributed by atoms with Crippen LogP contribution in [0.25, 0.3) is 0 Å². The standard InChI is InChI=1S/C12H20O3S/c13-12(10-6-7-15-8-10)9-16(14)11-4-2-1-3-5-11/h10-11H,1-9H2. The topological polar surface area (TPSA) is 43.4 Å². The lowest BCUT2D eigenvalue weighted by Crippen LogP contribution is -2.28. The van der Waals surface area contributed by atoms with E-state index in [-0.39, 0.29) is 22.7 Å². The fourth-order valence-electron chi connectivity index (χ4n) is 2.49. The van der Waals surface area contributed by atoms with Crippen molar-refractivity contribution < 1.29 is 13.7 Å². The molecule has 2 aliphatic rings. The first-order valence-corrected chi connectivity index (χ1v) is 7.63. The summed E-state index contributed by atoms with van der Waals surface area (Å²) in [5.74, 6) is 0.438. The summed E-state index contributed by atoms with van der Waals surface area (Å²) in [6, 6.07) is 0. The first kappa shape index (κ1) is 12.2. The number of hydrogen-bond donors (Lipinski definition) is 0. The van der Waals surface area contributed by atoms with Crippen molar-refractivity contribution in [3.05, 3.63) is 0 Å². The number of hydrogen-bond acceptors (Lipinski definition) is 3. The van der Waals surface area contributed by atoms with Crippen molar-refractivity contribution in [2.24, 2.45) is 5.92 Å². The second kappa shape index (κ2) is 5.92. The summed E-state index contributed by atoms with van der Waals surface area (Å²) in [6.45, 7) is 1.23. The fraction of sp³-hybridized carbons (Fsp3) is 0.917. The number of carbonyl (C=O) groups excluding carboxylic acids is 1. The van der Waals surface area contributed by atoms with Crippen molar-refractivity contribution in [3.63, 3.8) is 0 Å². The first-order valence-electron chi connectivity index (χ1n) is 6.25. The summed E-state index contributed by atoms with van der Waals surface area (Å²) in [5, 5.41) is 0.278. The van der Waals surface area contributed by atoms with Crippen molar-refractivity contribution in [3.8, 4) is 0 Å². The lowest BCUT2D eigenvalue weighted by molar-refractivity contribution is -0.120. The molecule has 0 radical (unpaired) electrons. The number of carbonyl (C=O) groups is 1. The average molecular weight is 244 g/mol. The lowest BCUT2D eigenvalue weighted by Gasteiger charge is -2.21. The molecule has 4 heteroatoms. The second-order valence-corrected chi connectivity index (χ2v) is 6.53. The molecule has 0 bridgehead atoms. The molecule has 0 aromatic rings. The van der Waals surface area contributed by atoms with E-state index in [0.29, 0.717) is 13.2 Å². The van der Waals surface area contributed by atoms with Crippen LogP contribution >= 0.6 is 0 Å². The third-order valence-electron chi connectivity index (χ3n) is 3.59. The Labute approximate surface area is 99.4 Å². The van der Waals surface area contributed by atoms with Gasteiger partial charge in [0.2, 0.25) is 0 Å². The van der Waals surface area contributed by atoms with Gasteiger partial charge in [-0.1, -0.05) is 19.3 Å². The molecule has 1 heterocycles. The minimum atomic E-state index is -0.938. The highest BCUT2D eigenvalue weighted by Crippen LogP contribution is 2.23. The molecule has 92 valence electrons. The summed E-state index contributed by atoms with van der Waals surface area (Å²) < 4.78 is 17.2. The maximum atomic E-state index is 12.0. The van der Waals surface area contributed by atoms with Gasteiger partial charge in [-0.2, -0.15) is 0 Å². The number of ether oxygens (including phenoxy) is 1. The Morgan fingerprint density at radius 1 is 1.19 bits per heavy atom. The smallest absolute Gasteiger partial charge is 0.150 e. The van der Waals surface area contributed by atoms with Crippen molar-refractivity contribution in [1.82, 2.24) is 0 Å². The van der Waals surface area contributed by atoms with Crippen LogP contribution in [0.2, 0.25) is 0 Å². The van der Waals surface area contributed by atoms with E-state index < -0.39 is 10.8 Å². The van der Waals surface area contributed by atoms with E-state index in [0.717, 1.165) is 19.3 Å². The molecule has 0 aromatic carbocycles. The van der Waals surface area contributed by atoms with E-state index >= 15 is 0 Å². The van der Waals surface area contributed by atoms with Gasteiger partial charge in [-0.25, -0.2) is 0 Å². The van der Waals surface area contributed by atoms with Gasteiger partial charge in [0.1, 0.15) is 0 Å². The zero-order valence-corrected chi connectivity index (χ0v) is 10.5. The van der Waals surface area contributed by atoms with Crippen molar-refractivity contribution in [2.45, 2.75) is 43.8 Å². The van der Waals surface area contributed by atoms with Crippen LogP contribution in [0.3, 0.4) is 0 Å². The maximum absolute atomic E-state index is 12.0. The van der Waals surface area contributed by atoms with Crippen LogP contribution in [-0.4, -0.2) is 34.2 Å². The molecule has 2 unspecified atom stereocenters. The average Bonchev–Trinajstić information content (AvgIpc) is 2.83. The highest BCUT2D eigenvalue weighted by Gasteiger charge is 2.27. The number of rotatable bonds is 4. The van der Waals surface area contributed by atoms with Crippen LogP contribution in [0.1, 0.15) is 38.5 Å². The number of ketones is 1. The van der Waals surface area contributed by atoms with Crippen LogP contribution in [0.4, 0.5) is 0 Å². The third kappa shape index (κ3) is 3.14. The molecule has 1 saturated heterocycles. The minimum absolute atomic E-state index is 0.0209. The van der Waals surface area contributed by atoms with Gasteiger partial charge in [0.25, 0.3) is 0 Å². The van der Waals surface area contributed by atoms with Gasteiger partial charge in [-0.15, -0.1) is 0 Å². The van der Waals surface area contributed by atoms with Gasteiger partial charge in [-0.05, 0) is 19.3 Å². The molecule has 16 heavy (non-hydrogen) atoms. The summed E-state index contributed by atoms with van der Waals surface area (Å²) in [7, 11) is -0.938. The molecular formula is C12H20O3S. The highest BCUT2D eigenvalue weighted by atomic mass is 32.2. The highest BCUT2D eigenvalue weighted by molar-refractivity contribution is 7.86. The molecule has 1 saturated carbocycles. The van der Waals surface area contributed by atoms with Crippen LogP contribution in [0.5, 0.6) is 0 Å². The van der Waals surface area contributed by atoms with Gasteiger partial charge in [-0.3, -0.25) is 9.00 Å². The summed E-state index contributed by atoms with van der Waals surface area (Å²) in [6.07, 6.45) is 6.52. The lowest BCUT2D eigenvalue weighted by atomic mass is 10.0. The quantitative estimate of drug-likeness (QED) is 0.755. The Morgan fingerprint density at radius 3 is 2.56 bits per heavy atom. The zero-order chi connectivity index (χ0) is 11.4. The molecule has 1 aliphatic carbocycles. The molecule has 0 N–H and O–H groups in total. The van der Waals surface area contributed by atoms with E-state index in [4.69, 9.17) is 4.74 Å². The third-order valence-corrected chi connectivity index (χ3v) is 5.38. The number of Topliss-reactive ketones (excluding diaryl/α,β-unsaturated/α-hetero) is 1. The largest absolute Gasteiger partial charge is 0.381 e. The summed E-state index contributed by atoms with van der Waals surface area (Å²) in [4.78, 5) is 11.8. The van der Waals surface area contributed by atoms with E-state index in [2.05, 4.69) is 0 Å². The van der Waals surface area contributed by atoms with Crippen LogP contribution < -0.4 is 0 Å². The molecule has 3 nitrogen and oxygen atoms in total. The first-order chi connectivity index (χ1) is 7.77. The van der Waals surface area contributed by atoms with Crippen molar-refractivity contribution in [1.29, 1.82) is 0 Å². The van der Waals surface area contributed by atoms with Gasteiger partial charge in [0, 0.05) is 28.6 Å². The van der Waals surface area contributed by atoms with Crippen LogP contribution in [-0.2, 0) is 20.3 Å². The molecule has 0 spiro atoms. The molecule has 2 fully saturated rings. The van der Waals surface area contributed by atoms with Gasteiger partial charge in [0.05, 0.1) is 12.4 Å². The normalized spacial score (nSPS) is 29.1. The predicted octanol–water partition coefficient (Wildman–Crippen LogP) is 1.67. The molecule has 0 amide bonds. The predicted molar refractivity (Wildman–Crippen MR) is 63.8 cm³/mol. The SMILES string of the molecule is O=C(CS(=O)C1CCCCC1)C1CCOC1. The zero-order valence-electron chi connectivity index (χ0n) is 9.65. The Balaban J connectivity index is 1.79. The monoisotopic (exact) mass is 244 g/mol. The van der Waals surface area contributed by atoms with Gasteiger partial charge < -0.3 is 4.74 Å². The fourth-order valence-corrected chi connectivity index (χ4v) is 4.10. The van der Waals surface area contributed by atoms with Crippen LogP contribution in [0.15, 0.2) is 0 Å². The van der Waals surface area contributed by atoms with Crippen molar-refractivity contribution in [2.75, 3.05) is 19.0 Å². The summed E-state index contributed by atoms with van der Waals surface area (Å²) in [5.41, 5.74) is 0. The second-order valence-electron chi connectivity index (χ2n) is 4.81. The van der Waals surface area contributed by atoms with Crippen molar-refractivity contribution >= 4 is 16.6 Å².